The van der Waals surface area contributed by atoms with Crippen LogP contribution in [0.15, 0.2) is 24.8 Å². The van der Waals surface area contributed by atoms with E-state index in [-0.39, 0.29) is 0 Å². The van der Waals surface area contributed by atoms with Gasteiger partial charge in [-0.3, -0.25) is 0 Å². The van der Waals surface area contributed by atoms with Crippen molar-refractivity contribution in [1.29, 1.82) is 0 Å². The first-order valence-electron chi connectivity index (χ1n) is 6.08. The lowest BCUT2D eigenvalue weighted by atomic mass is 10.0. The van der Waals surface area contributed by atoms with Gasteiger partial charge in [-0.15, -0.1) is 6.58 Å². The molecule has 0 aromatic heterocycles. The first-order valence-corrected chi connectivity index (χ1v) is 6.08. The normalized spacial score (nSPS) is 10.1. The molecule has 0 heteroatoms. The Balaban J connectivity index is 3.05. The van der Waals surface area contributed by atoms with Crippen LogP contribution >= 0.6 is 0 Å². The maximum Gasteiger partial charge on any atom is -0.0323 e. The molecule has 0 bridgehead atoms. The number of hydrogen-bond donors (Lipinski definition) is 0. The zero-order valence-electron chi connectivity index (χ0n) is 9.86. The van der Waals surface area contributed by atoms with Crippen LogP contribution in [0, 0.1) is 0 Å². The van der Waals surface area contributed by atoms with E-state index in [9.17, 15) is 0 Å². The molecule has 0 amide bonds. The van der Waals surface area contributed by atoms with Crippen molar-refractivity contribution in [2.45, 2.75) is 64.7 Å². The highest BCUT2D eigenvalue weighted by Gasteiger charge is 1.94. The van der Waals surface area contributed by atoms with E-state index in [0.717, 1.165) is 0 Å². The Labute approximate surface area is 90.1 Å². The van der Waals surface area contributed by atoms with Gasteiger partial charge in [0.25, 0.3) is 0 Å². The summed E-state index contributed by atoms with van der Waals surface area (Å²) in [5.41, 5.74) is 1.44. The van der Waals surface area contributed by atoms with Crippen molar-refractivity contribution in [2.75, 3.05) is 0 Å². The lowest BCUT2D eigenvalue weighted by Crippen LogP contribution is -1.83. The summed E-state index contributed by atoms with van der Waals surface area (Å²) in [5, 5.41) is 0. The SMILES string of the molecule is C=CCCCCCCCC(=C)CCC. The Kier molecular flexibility index (Phi) is 10.2. The summed E-state index contributed by atoms with van der Waals surface area (Å²) in [4.78, 5) is 0. The first-order chi connectivity index (χ1) is 6.81. The van der Waals surface area contributed by atoms with E-state index in [4.69, 9.17) is 0 Å². The predicted molar refractivity (Wildman–Crippen MR) is 66.6 cm³/mol. The topological polar surface area (TPSA) is 0 Å². The molecule has 0 unspecified atom stereocenters. The second-order valence-corrected chi connectivity index (χ2v) is 4.10. The van der Waals surface area contributed by atoms with Crippen LogP contribution in [0.5, 0.6) is 0 Å². The van der Waals surface area contributed by atoms with Crippen molar-refractivity contribution in [3.63, 3.8) is 0 Å². The Morgan fingerprint density at radius 2 is 1.64 bits per heavy atom. The van der Waals surface area contributed by atoms with Gasteiger partial charge in [0.1, 0.15) is 0 Å². The largest absolute Gasteiger partial charge is 0.103 e. The van der Waals surface area contributed by atoms with E-state index in [1.807, 2.05) is 6.08 Å². The van der Waals surface area contributed by atoms with Crippen LogP contribution in [-0.4, -0.2) is 0 Å². The van der Waals surface area contributed by atoms with Crippen LogP contribution in [0.4, 0.5) is 0 Å². The average Bonchev–Trinajstić information content (AvgIpc) is 2.17. The minimum Gasteiger partial charge on any atom is -0.103 e. The Hall–Kier alpha value is -0.520. The zero-order chi connectivity index (χ0) is 10.6. The predicted octanol–water partition coefficient (Wildman–Crippen LogP) is 5.26. The summed E-state index contributed by atoms with van der Waals surface area (Å²) in [6.45, 7) is 10.0. The molecule has 82 valence electrons. The molecular formula is C14H26. The fourth-order valence-corrected chi connectivity index (χ4v) is 1.67. The number of hydrogen-bond acceptors (Lipinski definition) is 0. The third-order valence-corrected chi connectivity index (χ3v) is 2.54. The highest BCUT2D eigenvalue weighted by Crippen LogP contribution is 2.13. The zero-order valence-corrected chi connectivity index (χ0v) is 9.86. The molecular weight excluding hydrogens is 168 g/mol. The maximum absolute atomic E-state index is 4.08. The molecule has 0 fully saturated rings. The van der Waals surface area contributed by atoms with Crippen LogP contribution < -0.4 is 0 Å². The number of allylic oxidation sites excluding steroid dienone is 2. The molecule has 0 saturated carbocycles. The summed E-state index contributed by atoms with van der Waals surface area (Å²) in [7, 11) is 0. The van der Waals surface area contributed by atoms with Crippen molar-refractivity contribution in [2.24, 2.45) is 0 Å². The molecule has 14 heavy (non-hydrogen) atoms. The minimum absolute atomic E-state index is 1.18. The van der Waals surface area contributed by atoms with Gasteiger partial charge >= 0.3 is 0 Å². The van der Waals surface area contributed by atoms with E-state index in [1.54, 1.807) is 0 Å². The third-order valence-electron chi connectivity index (χ3n) is 2.54. The molecule has 0 N–H and O–H groups in total. The van der Waals surface area contributed by atoms with E-state index in [2.05, 4.69) is 20.1 Å². The summed E-state index contributed by atoms with van der Waals surface area (Å²) in [6, 6.07) is 0. The highest BCUT2D eigenvalue weighted by molar-refractivity contribution is 4.92. The maximum atomic E-state index is 4.08. The fourth-order valence-electron chi connectivity index (χ4n) is 1.67. The van der Waals surface area contributed by atoms with E-state index >= 15 is 0 Å². The molecule has 0 aliphatic rings. The fraction of sp³-hybridized carbons (Fsp3) is 0.714. The van der Waals surface area contributed by atoms with Crippen LogP contribution in [-0.2, 0) is 0 Å². The van der Waals surface area contributed by atoms with Gasteiger partial charge in [0, 0.05) is 0 Å². The van der Waals surface area contributed by atoms with Crippen LogP contribution in [0.25, 0.3) is 0 Å². The molecule has 0 atom stereocenters. The van der Waals surface area contributed by atoms with Crippen molar-refractivity contribution in [3.05, 3.63) is 24.8 Å². The molecule has 0 saturated heterocycles. The number of rotatable bonds is 10. The van der Waals surface area contributed by atoms with Gasteiger partial charge in [-0.1, -0.05) is 50.8 Å². The molecule has 0 aromatic carbocycles. The summed E-state index contributed by atoms with van der Waals surface area (Å²) < 4.78 is 0. The molecule has 0 spiro atoms. The van der Waals surface area contributed by atoms with Gasteiger partial charge in [0.2, 0.25) is 0 Å². The van der Waals surface area contributed by atoms with Gasteiger partial charge in [-0.05, 0) is 32.1 Å². The summed E-state index contributed by atoms with van der Waals surface area (Å²) >= 11 is 0. The van der Waals surface area contributed by atoms with E-state index in [1.165, 1.54) is 63.4 Å². The minimum atomic E-state index is 1.18. The van der Waals surface area contributed by atoms with E-state index in [0.29, 0.717) is 0 Å². The standard InChI is InChI=1S/C14H26/c1-4-6-7-8-9-10-11-13-14(3)12-5-2/h4H,1,3,5-13H2,2H3. The molecule has 0 radical (unpaired) electrons. The van der Waals surface area contributed by atoms with Crippen LogP contribution in [0.1, 0.15) is 64.7 Å². The third kappa shape index (κ3) is 9.57. The average molecular weight is 194 g/mol. The Morgan fingerprint density at radius 1 is 1.00 bits per heavy atom. The highest BCUT2D eigenvalue weighted by atomic mass is 14.0. The molecule has 0 nitrogen and oxygen atoms in total. The van der Waals surface area contributed by atoms with Gasteiger partial charge < -0.3 is 0 Å². The first kappa shape index (κ1) is 13.5. The van der Waals surface area contributed by atoms with Crippen molar-refractivity contribution >= 4 is 0 Å². The van der Waals surface area contributed by atoms with Gasteiger partial charge in [0.05, 0.1) is 0 Å². The van der Waals surface area contributed by atoms with Gasteiger partial charge in [0.15, 0.2) is 0 Å². The number of unbranched alkanes of at least 4 members (excludes halogenated alkanes) is 5. The molecule has 0 heterocycles. The second-order valence-electron chi connectivity index (χ2n) is 4.10. The lowest BCUT2D eigenvalue weighted by Gasteiger charge is -2.03. The van der Waals surface area contributed by atoms with Crippen LogP contribution in [0.3, 0.4) is 0 Å². The lowest BCUT2D eigenvalue weighted by molar-refractivity contribution is 0.611. The second kappa shape index (κ2) is 10.6. The molecule has 0 rings (SSSR count). The monoisotopic (exact) mass is 194 g/mol. The van der Waals surface area contributed by atoms with E-state index < -0.39 is 0 Å². The quantitative estimate of drug-likeness (QED) is 0.329. The molecule has 0 aliphatic heterocycles. The summed E-state index contributed by atoms with van der Waals surface area (Å²) in [6.07, 6.45) is 13.7. The summed E-state index contributed by atoms with van der Waals surface area (Å²) in [5.74, 6) is 0. The Bertz CT molecular complexity index is 144. The smallest absolute Gasteiger partial charge is 0.0323 e. The molecule has 0 aliphatic carbocycles. The van der Waals surface area contributed by atoms with Gasteiger partial charge in [-0.25, -0.2) is 0 Å². The van der Waals surface area contributed by atoms with Crippen molar-refractivity contribution in [3.8, 4) is 0 Å². The van der Waals surface area contributed by atoms with Crippen LogP contribution in [0.2, 0.25) is 0 Å². The van der Waals surface area contributed by atoms with Gasteiger partial charge in [-0.2, -0.15) is 0 Å². The molecule has 0 aromatic rings. The Morgan fingerprint density at radius 3 is 2.29 bits per heavy atom. The van der Waals surface area contributed by atoms with Crippen molar-refractivity contribution < 1.29 is 0 Å². The van der Waals surface area contributed by atoms with Crippen molar-refractivity contribution in [1.82, 2.24) is 0 Å².